The summed E-state index contributed by atoms with van der Waals surface area (Å²) in [5.41, 5.74) is 6.26. The molecule has 0 radical (unpaired) electrons. The first-order chi connectivity index (χ1) is 9.06. The highest BCUT2D eigenvalue weighted by Crippen LogP contribution is 2.17. The molecule has 1 amide bonds. The summed E-state index contributed by atoms with van der Waals surface area (Å²) in [5, 5.41) is 2.66. The molecule has 0 saturated heterocycles. The number of pyridine rings is 2. The van der Waals surface area contributed by atoms with Crippen LogP contribution in [0.1, 0.15) is 0 Å². The Balaban J connectivity index is 2.12. The third-order valence-electron chi connectivity index (χ3n) is 2.35. The van der Waals surface area contributed by atoms with Gasteiger partial charge in [0.15, 0.2) is 0 Å². The molecule has 2 aromatic heterocycles. The van der Waals surface area contributed by atoms with Crippen LogP contribution in [-0.4, -0.2) is 15.5 Å². The summed E-state index contributed by atoms with van der Waals surface area (Å²) in [5.74, 6) is -0.332. The number of carbonyl (C=O) groups excluding carboxylic acids is 1. The number of hydrogen-bond donors (Lipinski definition) is 2. The minimum Gasteiger partial charge on any atom is -0.398 e. The molecule has 98 valence electrons. The molecule has 0 aliphatic rings. The van der Waals surface area contributed by atoms with Crippen LogP contribution in [-0.2, 0) is 11.3 Å². The van der Waals surface area contributed by atoms with Crippen molar-refractivity contribution in [3.05, 3.63) is 51.6 Å². The fourth-order valence-corrected chi connectivity index (χ4v) is 1.85. The summed E-state index contributed by atoms with van der Waals surface area (Å²) >= 11 is 3.22. The first-order valence-electron chi connectivity index (χ1n) is 5.42. The van der Waals surface area contributed by atoms with Crippen LogP contribution in [0.4, 0.5) is 11.4 Å². The van der Waals surface area contributed by atoms with Gasteiger partial charge in [-0.05, 0) is 34.1 Å². The largest absolute Gasteiger partial charge is 0.398 e. The van der Waals surface area contributed by atoms with Gasteiger partial charge in [0.2, 0.25) is 5.91 Å². The van der Waals surface area contributed by atoms with Crippen LogP contribution < -0.4 is 16.6 Å². The van der Waals surface area contributed by atoms with Crippen molar-refractivity contribution in [2.75, 3.05) is 11.1 Å². The maximum Gasteiger partial charge on any atom is 0.251 e. The van der Waals surface area contributed by atoms with E-state index in [0.717, 1.165) is 0 Å². The van der Waals surface area contributed by atoms with Crippen LogP contribution in [0.25, 0.3) is 0 Å². The van der Waals surface area contributed by atoms with Gasteiger partial charge in [0.25, 0.3) is 5.56 Å². The molecule has 0 aliphatic carbocycles. The van der Waals surface area contributed by atoms with Crippen LogP contribution in [0.5, 0.6) is 0 Å². The summed E-state index contributed by atoms with van der Waals surface area (Å²) in [4.78, 5) is 27.4. The van der Waals surface area contributed by atoms with E-state index >= 15 is 0 Å². The van der Waals surface area contributed by atoms with E-state index < -0.39 is 0 Å². The van der Waals surface area contributed by atoms with Gasteiger partial charge in [-0.3, -0.25) is 9.59 Å². The zero-order valence-electron chi connectivity index (χ0n) is 9.84. The Labute approximate surface area is 117 Å². The normalized spacial score (nSPS) is 10.2. The maximum atomic E-state index is 11.8. The summed E-state index contributed by atoms with van der Waals surface area (Å²) in [6.45, 7) is -0.106. The smallest absolute Gasteiger partial charge is 0.251 e. The zero-order valence-corrected chi connectivity index (χ0v) is 11.4. The molecular formula is C12H11BrN4O2. The molecule has 0 aliphatic heterocycles. The molecule has 2 heterocycles. The number of amides is 1. The van der Waals surface area contributed by atoms with E-state index in [1.165, 1.54) is 22.9 Å². The van der Waals surface area contributed by atoms with Crippen molar-refractivity contribution in [2.45, 2.75) is 6.54 Å². The van der Waals surface area contributed by atoms with Gasteiger partial charge in [-0.15, -0.1) is 0 Å². The third-order valence-corrected chi connectivity index (χ3v) is 2.99. The molecule has 0 atom stereocenters. The second-order valence-corrected chi connectivity index (χ2v) is 4.57. The highest BCUT2D eigenvalue weighted by molar-refractivity contribution is 9.10. The quantitative estimate of drug-likeness (QED) is 0.831. The van der Waals surface area contributed by atoms with E-state index in [2.05, 4.69) is 26.2 Å². The molecule has 6 nitrogen and oxygen atoms in total. The Morgan fingerprint density at radius 3 is 2.95 bits per heavy atom. The van der Waals surface area contributed by atoms with Crippen LogP contribution in [0.2, 0.25) is 0 Å². The highest BCUT2D eigenvalue weighted by Gasteiger charge is 2.07. The van der Waals surface area contributed by atoms with Crippen LogP contribution >= 0.6 is 15.9 Å². The summed E-state index contributed by atoms with van der Waals surface area (Å²) in [6, 6.07) is 6.22. The van der Waals surface area contributed by atoms with Crippen LogP contribution in [0.3, 0.4) is 0 Å². The Hall–Kier alpha value is -2.15. The molecule has 0 unspecified atom stereocenters. The SMILES string of the molecule is Nc1ccc(=O)n(CC(=O)Nc2cccnc2Br)c1. The van der Waals surface area contributed by atoms with E-state index in [4.69, 9.17) is 5.73 Å². The van der Waals surface area contributed by atoms with Crippen molar-refractivity contribution in [2.24, 2.45) is 0 Å². The number of aromatic nitrogens is 2. The molecular weight excluding hydrogens is 312 g/mol. The van der Waals surface area contributed by atoms with E-state index in [1.54, 1.807) is 18.3 Å². The van der Waals surface area contributed by atoms with Crippen LogP contribution in [0.15, 0.2) is 46.1 Å². The first-order valence-corrected chi connectivity index (χ1v) is 6.22. The third kappa shape index (κ3) is 3.41. The predicted octanol–water partition coefficient (Wildman–Crippen LogP) is 1.23. The fourth-order valence-electron chi connectivity index (χ4n) is 1.50. The Kier molecular flexibility index (Phi) is 3.96. The van der Waals surface area contributed by atoms with Gasteiger partial charge in [-0.25, -0.2) is 4.98 Å². The molecule has 0 bridgehead atoms. The van der Waals surface area contributed by atoms with Crippen molar-refractivity contribution in [1.82, 2.24) is 9.55 Å². The van der Waals surface area contributed by atoms with Crippen LogP contribution in [0, 0.1) is 0 Å². The average molecular weight is 323 g/mol. The molecule has 0 aromatic carbocycles. The second-order valence-electron chi connectivity index (χ2n) is 3.82. The molecule has 0 spiro atoms. The van der Waals surface area contributed by atoms with Gasteiger partial charge >= 0.3 is 0 Å². The Morgan fingerprint density at radius 1 is 1.42 bits per heavy atom. The number of carbonyl (C=O) groups is 1. The standard InChI is InChI=1S/C12H11BrN4O2/c13-12-9(2-1-5-15-12)16-10(18)7-17-6-8(14)3-4-11(17)19/h1-6H,7,14H2,(H,16,18). The van der Waals surface area contributed by atoms with Gasteiger partial charge in [-0.2, -0.15) is 0 Å². The van der Waals surface area contributed by atoms with E-state index in [1.807, 2.05) is 0 Å². The lowest BCUT2D eigenvalue weighted by molar-refractivity contribution is -0.116. The van der Waals surface area contributed by atoms with Gasteiger partial charge in [0, 0.05) is 24.1 Å². The highest BCUT2D eigenvalue weighted by atomic mass is 79.9. The summed E-state index contributed by atoms with van der Waals surface area (Å²) in [6.07, 6.45) is 3.03. The van der Waals surface area contributed by atoms with Gasteiger partial charge in [-0.1, -0.05) is 0 Å². The summed E-state index contributed by atoms with van der Waals surface area (Å²) < 4.78 is 1.78. The number of hydrogen-bond acceptors (Lipinski definition) is 4. The Morgan fingerprint density at radius 2 is 2.21 bits per heavy atom. The lowest BCUT2D eigenvalue weighted by atomic mass is 10.4. The van der Waals surface area contributed by atoms with E-state index in [9.17, 15) is 9.59 Å². The van der Waals surface area contributed by atoms with Gasteiger partial charge in [0.1, 0.15) is 11.1 Å². The van der Waals surface area contributed by atoms with Crippen molar-refractivity contribution >= 4 is 33.2 Å². The van der Waals surface area contributed by atoms with Crippen molar-refractivity contribution in [3.8, 4) is 0 Å². The molecule has 3 N–H and O–H groups in total. The molecule has 0 fully saturated rings. The number of nitrogen functional groups attached to an aromatic ring is 1. The number of nitrogens with one attached hydrogen (secondary N) is 1. The molecule has 2 rings (SSSR count). The van der Waals surface area contributed by atoms with E-state index in [-0.39, 0.29) is 18.0 Å². The number of rotatable bonds is 3. The number of halogens is 1. The number of nitrogens with two attached hydrogens (primary N) is 1. The maximum absolute atomic E-state index is 11.8. The lowest BCUT2D eigenvalue weighted by Crippen LogP contribution is -2.27. The number of anilines is 2. The van der Waals surface area contributed by atoms with Crippen molar-refractivity contribution < 1.29 is 4.79 Å². The van der Waals surface area contributed by atoms with Gasteiger partial charge in [0.05, 0.1) is 5.69 Å². The van der Waals surface area contributed by atoms with Gasteiger partial charge < -0.3 is 15.6 Å². The molecule has 7 heteroatoms. The first kappa shape index (κ1) is 13.3. The second kappa shape index (κ2) is 5.66. The monoisotopic (exact) mass is 322 g/mol. The predicted molar refractivity (Wildman–Crippen MR) is 75.7 cm³/mol. The molecule has 2 aromatic rings. The average Bonchev–Trinajstić information content (AvgIpc) is 2.37. The lowest BCUT2D eigenvalue weighted by Gasteiger charge is -2.08. The van der Waals surface area contributed by atoms with Crippen molar-refractivity contribution in [3.63, 3.8) is 0 Å². The zero-order chi connectivity index (χ0) is 13.8. The van der Waals surface area contributed by atoms with E-state index in [0.29, 0.717) is 16.0 Å². The minimum atomic E-state index is -0.332. The Bertz CT molecular complexity index is 669. The minimum absolute atomic E-state index is 0.106. The summed E-state index contributed by atoms with van der Waals surface area (Å²) in [7, 11) is 0. The fraction of sp³-hybridized carbons (Fsp3) is 0.0833. The topological polar surface area (TPSA) is 90.0 Å². The van der Waals surface area contributed by atoms with Crippen molar-refractivity contribution in [1.29, 1.82) is 0 Å². The molecule has 19 heavy (non-hydrogen) atoms. The number of nitrogens with zero attached hydrogens (tertiary/aromatic N) is 2. The molecule has 0 saturated carbocycles.